The van der Waals surface area contributed by atoms with Crippen LogP contribution in [0.4, 0.5) is 4.39 Å². The first-order valence-electron chi connectivity index (χ1n) is 6.59. The molecule has 3 N–H and O–H groups in total. The molecule has 0 spiro atoms. The van der Waals surface area contributed by atoms with E-state index in [1.807, 2.05) is 0 Å². The number of fused-ring (bicyclic) bond motifs is 1. The summed E-state index contributed by atoms with van der Waals surface area (Å²) in [6, 6.07) is 10.0. The number of methoxy groups -OCH3 is 2. The molecular weight excluding hydrogens is 287 g/mol. The summed E-state index contributed by atoms with van der Waals surface area (Å²) in [6.45, 7) is 0. The molecule has 0 aromatic heterocycles. The molecule has 0 unspecified atom stereocenters. The molecule has 112 valence electrons. The lowest BCUT2D eigenvalue weighted by atomic mass is 9.93. The van der Waals surface area contributed by atoms with Gasteiger partial charge in [-0.2, -0.15) is 10.5 Å². The van der Waals surface area contributed by atoms with Crippen LogP contribution in [0, 0.1) is 39.3 Å². The minimum absolute atomic E-state index is 0.0921. The monoisotopic (exact) mass is 301 g/mol. The van der Waals surface area contributed by atoms with Crippen LogP contribution in [0.5, 0.6) is 0 Å². The van der Waals surface area contributed by atoms with Gasteiger partial charge < -0.3 is 9.47 Å². The highest BCUT2D eigenvalue weighted by Crippen LogP contribution is 2.78. The summed E-state index contributed by atoms with van der Waals surface area (Å²) in [5.74, 6) is -2.56. The van der Waals surface area contributed by atoms with Crippen LogP contribution >= 0.6 is 0 Å². The molecule has 3 atom stereocenters. The first-order chi connectivity index (χ1) is 10.5. The van der Waals surface area contributed by atoms with E-state index in [2.05, 4.69) is 17.1 Å². The number of halogens is 1. The van der Waals surface area contributed by atoms with E-state index in [0.29, 0.717) is 5.56 Å². The molecule has 6 nitrogen and oxygen atoms in total. The third-order valence-electron chi connectivity index (χ3n) is 4.76. The topological polar surface area (TPSA) is 106 Å². The van der Waals surface area contributed by atoms with E-state index in [9.17, 15) is 14.9 Å². The molecule has 3 rings (SSSR count). The molecule has 1 aromatic carbocycles. The zero-order chi connectivity index (χ0) is 16.2. The molecule has 1 aliphatic heterocycles. The van der Waals surface area contributed by atoms with Crippen LogP contribution in [0.1, 0.15) is 11.5 Å². The maximum absolute atomic E-state index is 13.6. The van der Waals surface area contributed by atoms with Gasteiger partial charge in [-0.15, -0.1) is 0 Å². The summed E-state index contributed by atoms with van der Waals surface area (Å²) in [7, 11) is 2.72. The van der Waals surface area contributed by atoms with Crippen LogP contribution in [-0.2, 0) is 9.47 Å². The second-order valence-electron chi connectivity index (χ2n) is 5.39. The third-order valence-corrected chi connectivity index (χ3v) is 4.76. The van der Waals surface area contributed by atoms with Crippen LogP contribution in [0.2, 0.25) is 0 Å². The normalized spacial score (nSPS) is 34.2. The van der Waals surface area contributed by atoms with E-state index < -0.39 is 28.5 Å². The molecule has 1 heterocycles. The molecule has 7 heteroatoms. The van der Waals surface area contributed by atoms with Crippen LogP contribution in [-0.4, -0.2) is 26.0 Å². The van der Waals surface area contributed by atoms with Gasteiger partial charge in [0.15, 0.2) is 10.8 Å². The predicted molar refractivity (Wildman–Crippen MR) is 72.1 cm³/mol. The Balaban J connectivity index is 2.26. The predicted octanol–water partition coefficient (Wildman–Crippen LogP) is -0.659. The van der Waals surface area contributed by atoms with Crippen LogP contribution in [0.25, 0.3) is 0 Å². The van der Waals surface area contributed by atoms with Crippen molar-refractivity contribution in [2.24, 2.45) is 16.6 Å². The second-order valence-corrected chi connectivity index (χ2v) is 5.39. The van der Waals surface area contributed by atoms with E-state index in [0.717, 1.165) is 0 Å². The smallest absolute Gasteiger partial charge is 0.317 e. The summed E-state index contributed by atoms with van der Waals surface area (Å²) in [6.07, 6.45) is 0. The van der Waals surface area contributed by atoms with Crippen molar-refractivity contribution in [2.45, 2.75) is 11.8 Å². The van der Waals surface area contributed by atoms with Crippen LogP contribution < -0.4 is 10.7 Å². The van der Waals surface area contributed by atoms with Crippen molar-refractivity contribution in [3.05, 3.63) is 35.6 Å². The van der Waals surface area contributed by atoms with Gasteiger partial charge in [0.1, 0.15) is 5.82 Å². The zero-order valence-electron chi connectivity index (χ0n) is 12.1. The Morgan fingerprint density at radius 2 is 1.95 bits per heavy atom. The van der Waals surface area contributed by atoms with Crippen molar-refractivity contribution < 1.29 is 18.9 Å². The van der Waals surface area contributed by atoms with E-state index in [1.54, 1.807) is 6.07 Å². The SMILES string of the molecule is COC1(OC)[NH+]=C(N)[C@@]2(C#N)[C@@H](c3cccc(F)c3)[C@@]12C#N. The molecule has 1 aromatic rings. The molecule has 0 bridgehead atoms. The number of benzene rings is 1. The Kier molecular flexibility index (Phi) is 2.80. The Bertz CT molecular complexity index is 762. The average Bonchev–Trinajstić information content (AvgIpc) is 3.11. The molecule has 22 heavy (non-hydrogen) atoms. The Hall–Kier alpha value is -2.48. The van der Waals surface area contributed by atoms with Crippen molar-refractivity contribution in [2.75, 3.05) is 14.2 Å². The van der Waals surface area contributed by atoms with Crippen molar-refractivity contribution in [1.29, 1.82) is 10.5 Å². The molecule has 0 amide bonds. The molecule has 0 saturated heterocycles. The number of ether oxygens (including phenoxy) is 2. The average molecular weight is 301 g/mol. The van der Waals surface area contributed by atoms with Gasteiger partial charge in [0.25, 0.3) is 5.84 Å². The highest BCUT2D eigenvalue weighted by atomic mass is 19.1. The fourth-order valence-electron chi connectivity index (χ4n) is 3.80. The fourth-order valence-corrected chi connectivity index (χ4v) is 3.80. The number of hydrogen-bond acceptors (Lipinski definition) is 5. The van der Waals surface area contributed by atoms with Crippen molar-refractivity contribution >= 4 is 5.84 Å². The summed E-state index contributed by atoms with van der Waals surface area (Å²) in [5.41, 5.74) is 3.78. The standard InChI is InChI=1S/C15H13FN4O2/c1-21-15(22-2)14(8-18)11(9-4-3-5-10(16)6-9)13(14,7-17)12(19)20-15/h3-6,11H,1-2H3,(H2,19,20)/p+1/t11-,13-,14-/m1/s1. The van der Waals surface area contributed by atoms with Gasteiger partial charge in [-0.1, -0.05) is 12.1 Å². The van der Waals surface area contributed by atoms with Crippen LogP contribution in [0.15, 0.2) is 24.3 Å². The first kappa shape index (κ1) is 14.5. The number of nitrogens with zero attached hydrogens (tertiary/aromatic N) is 2. The number of nitrogens with two attached hydrogens (primary N) is 1. The van der Waals surface area contributed by atoms with Crippen molar-refractivity contribution in [1.82, 2.24) is 0 Å². The summed E-state index contributed by atoms with van der Waals surface area (Å²) in [4.78, 5) is 2.78. The molecule has 1 fully saturated rings. The number of nitrogens with one attached hydrogen (secondary N) is 1. The number of rotatable bonds is 3. The van der Waals surface area contributed by atoms with Gasteiger partial charge in [-0.05, 0) is 17.7 Å². The van der Waals surface area contributed by atoms with E-state index >= 15 is 0 Å². The maximum Gasteiger partial charge on any atom is 0.342 e. The lowest BCUT2D eigenvalue weighted by Crippen LogP contribution is -2.90. The fraction of sp³-hybridized carbons (Fsp3) is 0.400. The minimum Gasteiger partial charge on any atom is -0.317 e. The lowest BCUT2D eigenvalue weighted by Gasteiger charge is -2.26. The molecule has 1 aliphatic carbocycles. The van der Waals surface area contributed by atoms with Gasteiger partial charge in [0, 0.05) is 20.1 Å². The Morgan fingerprint density at radius 1 is 1.27 bits per heavy atom. The zero-order valence-corrected chi connectivity index (χ0v) is 12.1. The second kappa shape index (κ2) is 4.26. The van der Waals surface area contributed by atoms with Crippen molar-refractivity contribution in [3.63, 3.8) is 0 Å². The quantitative estimate of drug-likeness (QED) is 0.721. The highest BCUT2D eigenvalue weighted by molar-refractivity contribution is 5.95. The molecular formula is C15H14FN4O2+. The van der Waals surface area contributed by atoms with E-state index in [1.165, 1.54) is 32.4 Å². The van der Waals surface area contributed by atoms with Gasteiger partial charge in [0.2, 0.25) is 0 Å². The molecule has 1 saturated carbocycles. The molecule has 2 aliphatic rings. The summed E-state index contributed by atoms with van der Waals surface area (Å²) in [5, 5.41) is 19.5. The van der Waals surface area contributed by atoms with Gasteiger partial charge >= 0.3 is 5.91 Å². The summed E-state index contributed by atoms with van der Waals surface area (Å²) >= 11 is 0. The van der Waals surface area contributed by atoms with Gasteiger partial charge in [-0.3, -0.25) is 5.73 Å². The number of amidine groups is 1. The largest absolute Gasteiger partial charge is 0.342 e. The Labute approximate surface area is 126 Å². The van der Waals surface area contributed by atoms with E-state index in [4.69, 9.17) is 15.2 Å². The summed E-state index contributed by atoms with van der Waals surface area (Å²) < 4.78 is 24.3. The number of hydrogen-bond donors (Lipinski definition) is 2. The maximum atomic E-state index is 13.6. The third kappa shape index (κ3) is 1.22. The lowest BCUT2D eigenvalue weighted by molar-refractivity contribution is -0.687. The van der Waals surface area contributed by atoms with Gasteiger partial charge in [-0.25, -0.2) is 9.38 Å². The highest BCUT2D eigenvalue weighted by Gasteiger charge is 2.96. The molecule has 0 radical (unpaired) electrons. The minimum atomic E-state index is -1.56. The number of nitriles is 2. The van der Waals surface area contributed by atoms with E-state index in [-0.39, 0.29) is 5.84 Å². The van der Waals surface area contributed by atoms with Crippen molar-refractivity contribution in [3.8, 4) is 12.1 Å². The first-order valence-corrected chi connectivity index (χ1v) is 6.59. The van der Waals surface area contributed by atoms with Crippen LogP contribution in [0.3, 0.4) is 0 Å². The van der Waals surface area contributed by atoms with Gasteiger partial charge in [0.05, 0.1) is 12.1 Å². The Morgan fingerprint density at radius 3 is 2.45 bits per heavy atom.